The number of carbonyl (C=O) groups is 1. The molecule has 1 atom stereocenters. The van der Waals surface area contributed by atoms with Gasteiger partial charge >= 0.3 is 6.09 Å². The van der Waals surface area contributed by atoms with Crippen molar-refractivity contribution in [1.29, 1.82) is 0 Å². The lowest BCUT2D eigenvalue weighted by Gasteiger charge is -2.34. The van der Waals surface area contributed by atoms with Gasteiger partial charge in [-0.3, -0.25) is 0 Å². The smallest absolute Gasteiger partial charge is 0.410 e. The van der Waals surface area contributed by atoms with Crippen LogP contribution in [-0.4, -0.2) is 41.2 Å². The SMILES string of the molecule is CC(C)(C)OC(=O)N1CCC[C@H](CNc2nc3ccccc3o2)C1. The topological polar surface area (TPSA) is 67.6 Å². The van der Waals surface area contributed by atoms with Crippen molar-refractivity contribution in [2.45, 2.75) is 39.2 Å². The fraction of sp³-hybridized carbons (Fsp3) is 0.556. The maximum absolute atomic E-state index is 12.2. The van der Waals surface area contributed by atoms with Crippen LogP contribution < -0.4 is 5.32 Å². The summed E-state index contributed by atoms with van der Waals surface area (Å²) in [6.07, 6.45) is 1.83. The average Bonchev–Trinajstić information content (AvgIpc) is 2.94. The normalized spacial score (nSPS) is 18.6. The molecule has 0 radical (unpaired) electrons. The molecular formula is C18H25N3O3. The molecule has 6 nitrogen and oxygen atoms in total. The first kappa shape index (κ1) is 16.6. The maximum atomic E-state index is 12.2. The summed E-state index contributed by atoms with van der Waals surface area (Å²) >= 11 is 0. The summed E-state index contributed by atoms with van der Waals surface area (Å²) in [4.78, 5) is 18.4. The first-order chi connectivity index (χ1) is 11.4. The van der Waals surface area contributed by atoms with Gasteiger partial charge in [-0.25, -0.2) is 4.79 Å². The third kappa shape index (κ3) is 4.19. The summed E-state index contributed by atoms with van der Waals surface area (Å²) in [5.74, 6) is 0.362. The van der Waals surface area contributed by atoms with Gasteiger partial charge in [-0.15, -0.1) is 0 Å². The molecule has 0 spiro atoms. The van der Waals surface area contributed by atoms with Gasteiger partial charge in [0.2, 0.25) is 0 Å². The second-order valence-corrected chi connectivity index (χ2v) is 7.30. The highest BCUT2D eigenvalue weighted by molar-refractivity contribution is 5.74. The third-order valence-corrected chi connectivity index (χ3v) is 4.01. The Morgan fingerprint density at radius 1 is 1.42 bits per heavy atom. The number of hydrogen-bond donors (Lipinski definition) is 1. The standard InChI is InChI=1S/C18H25N3O3/c1-18(2,3)24-17(22)21-10-6-7-13(12-21)11-19-16-20-14-8-4-5-9-15(14)23-16/h4-5,8-9,13H,6-7,10-12H2,1-3H3,(H,19,20)/t13-/m1/s1. The number of fused-ring (bicyclic) bond motifs is 1. The summed E-state index contributed by atoms with van der Waals surface area (Å²) in [6, 6.07) is 8.23. The van der Waals surface area contributed by atoms with Crippen LogP contribution in [0, 0.1) is 5.92 Å². The Morgan fingerprint density at radius 3 is 2.96 bits per heavy atom. The minimum Gasteiger partial charge on any atom is -0.444 e. The van der Waals surface area contributed by atoms with Crippen molar-refractivity contribution in [3.63, 3.8) is 0 Å². The number of benzene rings is 1. The van der Waals surface area contributed by atoms with Crippen LogP contribution in [-0.2, 0) is 4.74 Å². The quantitative estimate of drug-likeness (QED) is 0.924. The number of amides is 1. The molecule has 1 saturated heterocycles. The second-order valence-electron chi connectivity index (χ2n) is 7.30. The zero-order valence-corrected chi connectivity index (χ0v) is 14.5. The van der Waals surface area contributed by atoms with Gasteiger partial charge in [0.25, 0.3) is 6.01 Å². The van der Waals surface area contributed by atoms with Crippen LogP contribution in [0.2, 0.25) is 0 Å². The molecule has 1 amide bonds. The number of para-hydroxylation sites is 2. The summed E-state index contributed by atoms with van der Waals surface area (Å²) in [5, 5.41) is 3.25. The highest BCUT2D eigenvalue weighted by atomic mass is 16.6. The van der Waals surface area contributed by atoms with Crippen LogP contribution in [0.15, 0.2) is 28.7 Å². The zero-order chi connectivity index (χ0) is 17.2. The number of oxazole rings is 1. The predicted molar refractivity (Wildman–Crippen MR) is 93.0 cm³/mol. The lowest BCUT2D eigenvalue weighted by atomic mass is 9.98. The van der Waals surface area contributed by atoms with Gasteiger partial charge in [-0.2, -0.15) is 4.98 Å². The van der Waals surface area contributed by atoms with Gasteiger partial charge in [0.1, 0.15) is 11.1 Å². The predicted octanol–water partition coefficient (Wildman–Crippen LogP) is 3.89. The summed E-state index contributed by atoms with van der Waals surface area (Å²) < 4.78 is 11.1. The van der Waals surface area contributed by atoms with Crippen molar-refractivity contribution < 1.29 is 13.9 Å². The molecule has 1 aliphatic rings. The summed E-state index contributed by atoms with van der Waals surface area (Å²) in [5.41, 5.74) is 1.17. The van der Waals surface area contributed by atoms with Gasteiger partial charge in [0.15, 0.2) is 5.58 Å². The van der Waals surface area contributed by atoms with E-state index in [1.165, 1.54) is 0 Å². The molecule has 2 heterocycles. The number of ether oxygens (including phenoxy) is 1. The zero-order valence-electron chi connectivity index (χ0n) is 14.5. The van der Waals surface area contributed by atoms with E-state index in [1.807, 2.05) is 45.0 Å². The first-order valence-electron chi connectivity index (χ1n) is 8.48. The van der Waals surface area contributed by atoms with Crippen LogP contribution in [0.3, 0.4) is 0 Å². The molecule has 1 aliphatic heterocycles. The molecule has 130 valence electrons. The van der Waals surface area contributed by atoms with E-state index >= 15 is 0 Å². The molecule has 2 aromatic rings. The van der Waals surface area contributed by atoms with Crippen molar-refractivity contribution in [2.75, 3.05) is 25.0 Å². The Morgan fingerprint density at radius 2 is 2.21 bits per heavy atom. The number of nitrogens with one attached hydrogen (secondary N) is 1. The van der Waals surface area contributed by atoms with Crippen molar-refractivity contribution >= 4 is 23.2 Å². The fourth-order valence-corrected chi connectivity index (χ4v) is 2.90. The molecule has 0 saturated carbocycles. The van der Waals surface area contributed by atoms with Gasteiger partial charge in [-0.1, -0.05) is 12.1 Å². The van der Waals surface area contributed by atoms with Gasteiger partial charge in [0, 0.05) is 19.6 Å². The van der Waals surface area contributed by atoms with E-state index in [9.17, 15) is 4.79 Å². The number of likely N-dealkylation sites (tertiary alicyclic amines) is 1. The minimum atomic E-state index is -0.458. The number of piperidine rings is 1. The van der Waals surface area contributed by atoms with E-state index in [-0.39, 0.29) is 6.09 Å². The van der Waals surface area contributed by atoms with Gasteiger partial charge in [-0.05, 0) is 51.7 Å². The van der Waals surface area contributed by atoms with Crippen molar-refractivity contribution in [3.8, 4) is 0 Å². The minimum absolute atomic E-state index is 0.228. The molecular weight excluding hydrogens is 306 g/mol. The Bertz CT molecular complexity index is 672. The van der Waals surface area contributed by atoms with E-state index in [0.29, 0.717) is 18.5 Å². The monoisotopic (exact) mass is 331 g/mol. The van der Waals surface area contributed by atoms with E-state index in [1.54, 1.807) is 4.90 Å². The van der Waals surface area contributed by atoms with Crippen molar-refractivity contribution in [2.24, 2.45) is 5.92 Å². The number of carbonyl (C=O) groups excluding carboxylic acids is 1. The lowest BCUT2D eigenvalue weighted by Crippen LogP contribution is -2.44. The Kier molecular flexibility index (Phi) is 4.64. The molecule has 0 aliphatic carbocycles. The van der Waals surface area contributed by atoms with Crippen LogP contribution in [0.1, 0.15) is 33.6 Å². The highest BCUT2D eigenvalue weighted by Crippen LogP contribution is 2.22. The number of aromatic nitrogens is 1. The Labute approximate surface area is 142 Å². The molecule has 1 aromatic carbocycles. The Hall–Kier alpha value is -2.24. The lowest BCUT2D eigenvalue weighted by molar-refractivity contribution is 0.0172. The summed E-state index contributed by atoms with van der Waals surface area (Å²) in [6.45, 7) is 7.85. The largest absolute Gasteiger partial charge is 0.444 e. The maximum Gasteiger partial charge on any atom is 0.410 e. The van der Waals surface area contributed by atoms with Crippen molar-refractivity contribution in [1.82, 2.24) is 9.88 Å². The highest BCUT2D eigenvalue weighted by Gasteiger charge is 2.27. The molecule has 1 aromatic heterocycles. The average molecular weight is 331 g/mol. The number of nitrogens with zero attached hydrogens (tertiary/aromatic N) is 2. The van der Waals surface area contributed by atoms with Crippen LogP contribution in [0.5, 0.6) is 0 Å². The molecule has 1 fully saturated rings. The van der Waals surface area contributed by atoms with E-state index < -0.39 is 5.60 Å². The molecule has 24 heavy (non-hydrogen) atoms. The van der Waals surface area contributed by atoms with Crippen LogP contribution in [0.4, 0.5) is 10.8 Å². The van der Waals surface area contributed by atoms with Crippen molar-refractivity contribution in [3.05, 3.63) is 24.3 Å². The molecule has 6 heteroatoms. The van der Waals surface area contributed by atoms with E-state index in [4.69, 9.17) is 9.15 Å². The first-order valence-corrected chi connectivity index (χ1v) is 8.48. The molecule has 0 bridgehead atoms. The van der Waals surface area contributed by atoms with E-state index in [2.05, 4.69) is 10.3 Å². The van der Waals surface area contributed by atoms with E-state index in [0.717, 1.165) is 37.0 Å². The van der Waals surface area contributed by atoms with Crippen LogP contribution >= 0.6 is 0 Å². The number of rotatable bonds is 3. The third-order valence-electron chi connectivity index (χ3n) is 4.01. The molecule has 0 unspecified atom stereocenters. The summed E-state index contributed by atoms with van der Waals surface area (Å²) in [7, 11) is 0. The number of anilines is 1. The molecule has 1 N–H and O–H groups in total. The van der Waals surface area contributed by atoms with Gasteiger partial charge < -0.3 is 19.4 Å². The fourth-order valence-electron chi connectivity index (χ4n) is 2.90. The number of hydrogen-bond acceptors (Lipinski definition) is 5. The molecule has 3 rings (SSSR count). The van der Waals surface area contributed by atoms with Crippen LogP contribution in [0.25, 0.3) is 11.1 Å². The Balaban J connectivity index is 1.54. The van der Waals surface area contributed by atoms with Gasteiger partial charge in [0.05, 0.1) is 0 Å². The second kappa shape index (κ2) is 6.71.